The highest BCUT2D eigenvalue weighted by molar-refractivity contribution is 5.69. The summed E-state index contributed by atoms with van der Waals surface area (Å²) in [5.74, 6) is -0.780. The van der Waals surface area contributed by atoms with E-state index in [1.807, 2.05) is 37.1 Å². The molecular weight excluding hydrogens is 190 g/mol. The standard InChI is InChI=1S/C12H17NO2/c1-10(13(2)9-12(14)15)8-11-6-4-3-5-7-11/h3-7,10H,8-9H2,1-2H3,(H,14,15). The molecule has 1 aromatic rings. The molecule has 82 valence electrons. The summed E-state index contributed by atoms with van der Waals surface area (Å²) in [5.41, 5.74) is 1.24. The fraction of sp³-hybridized carbons (Fsp3) is 0.417. The van der Waals surface area contributed by atoms with Gasteiger partial charge in [0.05, 0.1) is 6.54 Å². The lowest BCUT2D eigenvalue weighted by atomic mass is 10.1. The summed E-state index contributed by atoms with van der Waals surface area (Å²) >= 11 is 0. The van der Waals surface area contributed by atoms with Gasteiger partial charge < -0.3 is 5.11 Å². The Morgan fingerprint density at radius 2 is 2.00 bits per heavy atom. The molecule has 0 aromatic heterocycles. The van der Waals surface area contributed by atoms with Crippen LogP contribution < -0.4 is 0 Å². The van der Waals surface area contributed by atoms with E-state index >= 15 is 0 Å². The van der Waals surface area contributed by atoms with Crippen LogP contribution in [0.2, 0.25) is 0 Å². The molecule has 0 bridgehead atoms. The molecule has 0 saturated carbocycles. The Balaban J connectivity index is 2.48. The monoisotopic (exact) mass is 207 g/mol. The maximum absolute atomic E-state index is 10.5. The number of carboxylic acids is 1. The number of rotatable bonds is 5. The van der Waals surface area contributed by atoms with E-state index in [0.29, 0.717) is 0 Å². The van der Waals surface area contributed by atoms with Gasteiger partial charge in [0, 0.05) is 6.04 Å². The number of benzene rings is 1. The molecule has 0 radical (unpaired) electrons. The molecule has 3 heteroatoms. The van der Waals surface area contributed by atoms with Crippen molar-refractivity contribution in [2.24, 2.45) is 0 Å². The van der Waals surface area contributed by atoms with Gasteiger partial charge in [0.15, 0.2) is 0 Å². The lowest BCUT2D eigenvalue weighted by Gasteiger charge is -2.22. The van der Waals surface area contributed by atoms with Gasteiger partial charge in [-0.2, -0.15) is 0 Å². The number of hydrogen-bond acceptors (Lipinski definition) is 2. The minimum Gasteiger partial charge on any atom is -0.480 e. The lowest BCUT2D eigenvalue weighted by Crippen LogP contribution is -2.35. The number of nitrogens with zero attached hydrogens (tertiary/aromatic N) is 1. The predicted octanol–water partition coefficient (Wildman–Crippen LogP) is 1.63. The third-order valence-electron chi connectivity index (χ3n) is 2.51. The van der Waals surface area contributed by atoms with Gasteiger partial charge in [-0.15, -0.1) is 0 Å². The van der Waals surface area contributed by atoms with Crippen LogP contribution in [0.15, 0.2) is 30.3 Å². The van der Waals surface area contributed by atoms with Gasteiger partial charge in [0.25, 0.3) is 0 Å². The second-order valence-electron chi connectivity index (χ2n) is 3.85. The highest BCUT2D eigenvalue weighted by atomic mass is 16.4. The van der Waals surface area contributed by atoms with Crippen molar-refractivity contribution in [1.82, 2.24) is 4.90 Å². The van der Waals surface area contributed by atoms with Crippen molar-refractivity contribution in [3.63, 3.8) is 0 Å². The molecule has 3 nitrogen and oxygen atoms in total. The molecule has 0 saturated heterocycles. The second kappa shape index (κ2) is 5.51. The van der Waals surface area contributed by atoms with Crippen LogP contribution in [0.3, 0.4) is 0 Å². The van der Waals surface area contributed by atoms with Crippen LogP contribution in [0.4, 0.5) is 0 Å². The number of likely N-dealkylation sites (N-methyl/N-ethyl adjacent to an activating group) is 1. The van der Waals surface area contributed by atoms with E-state index in [1.54, 1.807) is 0 Å². The summed E-state index contributed by atoms with van der Waals surface area (Å²) in [6.45, 7) is 2.13. The van der Waals surface area contributed by atoms with Gasteiger partial charge in [-0.3, -0.25) is 9.69 Å². The van der Waals surface area contributed by atoms with Crippen molar-refractivity contribution >= 4 is 5.97 Å². The summed E-state index contributed by atoms with van der Waals surface area (Å²) < 4.78 is 0. The first-order chi connectivity index (χ1) is 7.09. The molecule has 0 aliphatic rings. The Morgan fingerprint density at radius 1 is 1.40 bits per heavy atom. The molecule has 0 aliphatic carbocycles. The lowest BCUT2D eigenvalue weighted by molar-refractivity contribution is -0.138. The van der Waals surface area contributed by atoms with Gasteiger partial charge in [0.2, 0.25) is 0 Å². The molecule has 1 unspecified atom stereocenters. The van der Waals surface area contributed by atoms with Gasteiger partial charge in [-0.1, -0.05) is 30.3 Å². The minimum atomic E-state index is -0.780. The number of aliphatic carboxylic acids is 1. The van der Waals surface area contributed by atoms with Crippen LogP contribution in [-0.4, -0.2) is 35.6 Å². The van der Waals surface area contributed by atoms with Crippen LogP contribution in [-0.2, 0) is 11.2 Å². The van der Waals surface area contributed by atoms with Crippen molar-refractivity contribution in [3.8, 4) is 0 Å². The van der Waals surface area contributed by atoms with E-state index in [0.717, 1.165) is 6.42 Å². The molecule has 0 spiro atoms. The maximum atomic E-state index is 10.5. The van der Waals surface area contributed by atoms with Crippen molar-refractivity contribution in [2.45, 2.75) is 19.4 Å². The highest BCUT2D eigenvalue weighted by Crippen LogP contribution is 2.06. The minimum absolute atomic E-state index is 0.0913. The molecule has 1 N–H and O–H groups in total. The van der Waals surface area contributed by atoms with Crippen LogP contribution in [0.1, 0.15) is 12.5 Å². The molecule has 1 rings (SSSR count). The molecule has 0 heterocycles. The molecule has 0 fully saturated rings. The molecular formula is C12H17NO2. The van der Waals surface area contributed by atoms with Gasteiger partial charge in [0.1, 0.15) is 0 Å². The normalized spacial score (nSPS) is 12.7. The smallest absolute Gasteiger partial charge is 0.317 e. The van der Waals surface area contributed by atoms with E-state index in [1.165, 1.54) is 5.56 Å². The fourth-order valence-corrected chi connectivity index (χ4v) is 1.48. The average Bonchev–Trinajstić information content (AvgIpc) is 2.18. The quantitative estimate of drug-likeness (QED) is 0.797. The first-order valence-corrected chi connectivity index (χ1v) is 5.05. The van der Waals surface area contributed by atoms with Crippen molar-refractivity contribution in [1.29, 1.82) is 0 Å². The first kappa shape index (κ1) is 11.7. The molecule has 1 aromatic carbocycles. The average molecular weight is 207 g/mol. The topological polar surface area (TPSA) is 40.5 Å². The van der Waals surface area contributed by atoms with Crippen LogP contribution in [0, 0.1) is 0 Å². The summed E-state index contributed by atoms with van der Waals surface area (Å²) in [7, 11) is 1.84. The SMILES string of the molecule is CC(Cc1ccccc1)N(C)CC(=O)O. The van der Waals surface area contributed by atoms with Crippen LogP contribution in [0.25, 0.3) is 0 Å². The summed E-state index contributed by atoms with van der Waals surface area (Å²) in [6, 6.07) is 10.3. The number of carbonyl (C=O) groups is 1. The third kappa shape index (κ3) is 4.13. The zero-order valence-corrected chi connectivity index (χ0v) is 9.18. The summed E-state index contributed by atoms with van der Waals surface area (Å²) in [6.07, 6.45) is 0.880. The van der Waals surface area contributed by atoms with Crippen molar-refractivity contribution in [2.75, 3.05) is 13.6 Å². The van der Waals surface area contributed by atoms with Crippen LogP contribution in [0.5, 0.6) is 0 Å². The highest BCUT2D eigenvalue weighted by Gasteiger charge is 2.12. The Bertz CT molecular complexity index is 311. The van der Waals surface area contributed by atoms with Gasteiger partial charge >= 0.3 is 5.97 Å². The number of hydrogen-bond donors (Lipinski definition) is 1. The second-order valence-corrected chi connectivity index (χ2v) is 3.85. The Morgan fingerprint density at radius 3 is 2.53 bits per heavy atom. The van der Waals surface area contributed by atoms with Crippen LogP contribution >= 0.6 is 0 Å². The molecule has 1 atom stereocenters. The first-order valence-electron chi connectivity index (χ1n) is 5.05. The Labute approximate surface area is 90.3 Å². The largest absolute Gasteiger partial charge is 0.480 e. The number of carboxylic acid groups (broad SMARTS) is 1. The predicted molar refractivity (Wildman–Crippen MR) is 59.9 cm³/mol. The van der Waals surface area contributed by atoms with E-state index in [2.05, 4.69) is 12.1 Å². The van der Waals surface area contributed by atoms with E-state index in [-0.39, 0.29) is 12.6 Å². The molecule has 0 aliphatic heterocycles. The molecule has 15 heavy (non-hydrogen) atoms. The zero-order valence-electron chi connectivity index (χ0n) is 9.18. The van der Waals surface area contributed by atoms with E-state index in [9.17, 15) is 4.79 Å². The summed E-state index contributed by atoms with van der Waals surface area (Å²) in [4.78, 5) is 12.4. The fourth-order valence-electron chi connectivity index (χ4n) is 1.48. The Kier molecular flexibility index (Phi) is 4.31. The Hall–Kier alpha value is -1.35. The summed E-state index contributed by atoms with van der Waals surface area (Å²) in [5, 5.41) is 8.66. The van der Waals surface area contributed by atoms with Gasteiger partial charge in [-0.25, -0.2) is 0 Å². The molecule has 0 amide bonds. The zero-order chi connectivity index (χ0) is 11.3. The van der Waals surface area contributed by atoms with Crippen molar-refractivity contribution in [3.05, 3.63) is 35.9 Å². The third-order valence-corrected chi connectivity index (χ3v) is 2.51. The van der Waals surface area contributed by atoms with Gasteiger partial charge in [-0.05, 0) is 26.0 Å². The van der Waals surface area contributed by atoms with E-state index < -0.39 is 5.97 Å². The maximum Gasteiger partial charge on any atom is 0.317 e. The van der Waals surface area contributed by atoms with Crippen molar-refractivity contribution < 1.29 is 9.90 Å². The van der Waals surface area contributed by atoms with E-state index in [4.69, 9.17) is 5.11 Å².